The normalized spacial score (nSPS) is 16.2. The highest BCUT2D eigenvalue weighted by Gasteiger charge is 2.34. The largest absolute Gasteiger partial charge is 0.366 e. The lowest BCUT2D eigenvalue weighted by Gasteiger charge is -2.40. The molecule has 43 heavy (non-hydrogen) atoms. The molecule has 12 nitrogen and oxygen atoms in total. The van der Waals surface area contributed by atoms with Crippen LogP contribution in [0.15, 0.2) is 48.7 Å². The second kappa shape index (κ2) is 10.8. The van der Waals surface area contributed by atoms with Crippen LogP contribution in [0.4, 0.5) is 22.9 Å². The van der Waals surface area contributed by atoms with Crippen molar-refractivity contribution in [3.8, 4) is 11.1 Å². The molecule has 3 N–H and O–H groups in total. The minimum absolute atomic E-state index is 0.0230. The Morgan fingerprint density at radius 2 is 1.84 bits per heavy atom. The molecule has 2 aliphatic heterocycles. The molecule has 0 unspecified atom stereocenters. The summed E-state index contributed by atoms with van der Waals surface area (Å²) in [5, 5.41) is 22.0. The van der Waals surface area contributed by atoms with E-state index in [2.05, 4.69) is 70.9 Å². The zero-order valence-corrected chi connectivity index (χ0v) is 24.5. The molecule has 7 rings (SSSR count). The summed E-state index contributed by atoms with van der Waals surface area (Å²) < 4.78 is 2.18. The standard InChI is InChI=1S/C31H34N10O2/c1-18-6-4-7-20(34-18)14-40-15-21(16-40)41-26-17-39(3)29-22(23(26)13-33-41)8-5-9-24(29)35-25-12-27(36-30(42)19-10-11-19)37-38-28(25)31(43)32-2/h4-9,12-13,19,21H,10-11,14-17H2,1-3H3,(H,32,43)(H2,35,36,37,42). The highest BCUT2D eigenvalue weighted by atomic mass is 16.2. The van der Waals surface area contributed by atoms with E-state index in [1.807, 2.05) is 31.3 Å². The third-order valence-corrected chi connectivity index (χ3v) is 8.31. The first-order valence-corrected chi connectivity index (χ1v) is 14.6. The van der Waals surface area contributed by atoms with Crippen LogP contribution in [0.25, 0.3) is 11.1 Å². The van der Waals surface area contributed by atoms with Crippen LogP contribution in [0, 0.1) is 12.8 Å². The summed E-state index contributed by atoms with van der Waals surface area (Å²) in [6.07, 6.45) is 3.72. The van der Waals surface area contributed by atoms with Gasteiger partial charge in [-0.2, -0.15) is 5.10 Å². The van der Waals surface area contributed by atoms with Crippen LogP contribution in [0.5, 0.6) is 0 Å². The maximum atomic E-state index is 12.7. The Balaban J connectivity index is 1.14. The number of carbonyl (C=O) groups excluding carboxylic acids is 2. The van der Waals surface area contributed by atoms with Crippen LogP contribution in [0.1, 0.15) is 46.5 Å². The Bertz CT molecular complexity index is 1720. The van der Waals surface area contributed by atoms with Gasteiger partial charge in [0.1, 0.15) is 0 Å². The van der Waals surface area contributed by atoms with Crippen LogP contribution in [0.2, 0.25) is 0 Å². The van der Waals surface area contributed by atoms with E-state index < -0.39 is 0 Å². The first-order valence-electron chi connectivity index (χ1n) is 14.6. The molecule has 3 aliphatic rings. The average molecular weight is 579 g/mol. The van der Waals surface area contributed by atoms with Gasteiger partial charge in [-0.05, 0) is 38.0 Å². The van der Waals surface area contributed by atoms with Gasteiger partial charge in [0.25, 0.3) is 5.91 Å². The van der Waals surface area contributed by atoms with Crippen LogP contribution < -0.4 is 20.9 Å². The van der Waals surface area contributed by atoms with Gasteiger partial charge in [-0.3, -0.25) is 24.2 Å². The molecule has 0 bridgehead atoms. The molecule has 0 atom stereocenters. The summed E-state index contributed by atoms with van der Waals surface area (Å²) in [4.78, 5) is 34.3. The van der Waals surface area contributed by atoms with Gasteiger partial charge in [0.15, 0.2) is 11.5 Å². The molecule has 4 aromatic rings. The Labute approximate surface area is 249 Å². The average Bonchev–Trinajstić information content (AvgIpc) is 3.75. The SMILES string of the molecule is CNC(=O)c1nnc(NC(=O)C2CC2)cc1Nc1cccc2c1N(C)Cc1c-2cnn1C1CN(Cc2cccc(C)n2)C1. The molecule has 0 radical (unpaired) electrons. The Morgan fingerprint density at radius 1 is 1.02 bits per heavy atom. The lowest BCUT2D eigenvalue weighted by atomic mass is 9.97. The molecule has 2 amide bonds. The fraction of sp³-hybridized carbons (Fsp3) is 0.355. The maximum Gasteiger partial charge on any atom is 0.273 e. The van der Waals surface area contributed by atoms with Crippen molar-refractivity contribution in [1.82, 2.24) is 35.2 Å². The van der Waals surface area contributed by atoms with Crippen molar-refractivity contribution in [2.45, 2.75) is 38.9 Å². The Morgan fingerprint density at radius 3 is 2.60 bits per heavy atom. The summed E-state index contributed by atoms with van der Waals surface area (Å²) in [7, 11) is 3.61. The molecule has 1 saturated heterocycles. The summed E-state index contributed by atoms with van der Waals surface area (Å²) in [6.45, 7) is 5.41. The quantitative estimate of drug-likeness (QED) is 0.287. The van der Waals surface area contributed by atoms with Crippen molar-refractivity contribution in [3.05, 3.63) is 71.4 Å². The molecule has 3 aromatic heterocycles. The van der Waals surface area contributed by atoms with E-state index in [0.717, 1.165) is 66.4 Å². The summed E-state index contributed by atoms with van der Waals surface area (Å²) in [6, 6.07) is 14.2. The molecule has 12 heteroatoms. The van der Waals surface area contributed by atoms with Crippen molar-refractivity contribution < 1.29 is 9.59 Å². The van der Waals surface area contributed by atoms with Crippen LogP contribution in [-0.2, 0) is 17.9 Å². The van der Waals surface area contributed by atoms with Gasteiger partial charge < -0.3 is 20.9 Å². The number of hydrogen-bond acceptors (Lipinski definition) is 9. The number of rotatable bonds is 8. The molecule has 220 valence electrons. The van der Waals surface area contributed by atoms with Crippen molar-refractivity contribution >= 4 is 34.7 Å². The lowest BCUT2D eigenvalue weighted by Crippen LogP contribution is -2.48. The number of aryl methyl sites for hydroxylation is 1. The Kier molecular flexibility index (Phi) is 6.77. The third-order valence-electron chi connectivity index (χ3n) is 8.31. The number of hydrogen-bond donors (Lipinski definition) is 3. The Hall–Kier alpha value is -4.84. The number of likely N-dealkylation sites (tertiary alicyclic amines) is 1. The van der Waals surface area contributed by atoms with Gasteiger partial charge in [0.2, 0.25) is 5.91 Å². The molecule has 1 saturated carbocycles. The smallest absolute Gasteiger partial charge is 0.273 e. The van der Waals surface area contributed by atoms with E-state index >= 15 is 0 Å². The van der Waals surface area contributed by atoms with E-state index in [9.17, 15) is 9.59 Å². The van der Waals surface area contributed by atoms with Gasteiger partial charge in [0, 0.05) is 62.5 Å². The lowest BCUT2D eigenvalue weighted by molar-refractivity contribution is -0.117. The van der Waals surface area contributed by atoms with E-state index in [-0.39, 0.29) is 23.4 Å². The van der Waals surface area contributed by atoms with Gasteiger partial charge in [-0.25, -0.2) is 0 Å². The predicted octanol–water partition coefficient (Wildman–Crippen LogP) is 3.50. The van der Waals surface area contributed by atoms with Gasteiger partial charge in [-0.15, -0.1) is 10.2 Å². The summed E-state index contributed by atoms with van der Waals surface area (Å²) >= 11 is 0. The van der Waals surface area contributed by atoms with E-state index in [1.54, 1.807) is 13.1 Å². The monoisotopic (exact) mass is 578 g/mol. The topological polar surface area (TPSA) is 133 Å². The molecule has 1 aliphatic carbocycles. The van der Waals surface area contributed by atoms with Crippen molar-refractivity contribution in [1.29, 1.82) is 0 Å². The number of nitrogens with one attached hydrogen (secondary N) is 3. The van der Waals surface area contributed by atoms with Crippen LogP contribution in [0.3, 0.4) is 0 Å². The number of pyridine rings is 1. The van der Waals surface area contributed by atoms with E-state index in [1.165, 1.54) is 5.69 Å². The van der Waals surface area contributed by atoms with Gasteiger partial charge in [-0.1, -0.05) is 18.2 Å². The summed E-state index contributed by atoms with van der Waals surface area (Å²) in [5.74, 6) is -0.114. The number of aromatic nitrogens is 5. The highest BCUT2D eigenvalue weighted by Crippen LogP contribution is 2.45. The van der Waals surface area contributed by atoms with Crippen molar-refractivity contribution in [3.63, 3.8) is 0 Å². The first kappa shape index (κ1) is 27.0. The number of fused-ring (bicyclic) bond motifs is 3. The van der Waals surface area contributed by atoms with Crippen LogP contribution in [-0.4, -0.2) is 68.9 Å². The molecule has 0 spiro atoms. The second-order valence-corrected chi connectivity index (χ2v) is 11.6. The van der Waals surface area contributed by atoms with E-state index in [4.69, 9.17) is 5.10 Å². The van der Waals surface area contributed by atoms with Gasteiger partial charge >= 0.3 is 0 Å². The van der Waals surface area contributed by atoms with Crippen molar-refractivity contribution in [2.24, 2.45) is 5.92 Å². The molecule has 2 fully saturated rings. The molecule has 1 aromatic carbocycles. The zero-order chi connectivity index (χ0) is 29.7. The van der Waals surface area contributed by atoms with Crippen LogP contribution >= 0.6 is 0 Å². The van der Waals surface area contributed by atoms with E-state index in [0.29, 0.717) is 24.1 Å². The molecule has 5 heterocycles. The fourth-order valence-corrected chi connectivity index (χ4v) is 5.96. The molecular formula is C31H34N10O2. The van der Waals surface area contributed by atoms with Gasteiger partial charge in [0.05, 0.1) is 47.2 Å². The minimum atomic E-state index is -0.371. The number of anilines is 4. The van der Waals surface area contributed by atoms with Crippen molar-refractivity contribution in [2.75, 3.05) is 42.7 Å². The third kappa shape index (κ3) is 5.18. The molecular weight excluding hydrogens is 544 g/mol. The zero-order valence-electron chi connectivity index (χ0n) is 24.5. The number of nitrogens with zero attached hydrogens (tertiary/aromatic N) is 7. The highest BCUT2D eigenvalue weighted by molar-refractivity contribution is 6.01. The number of benzene rings is 1. The maximum absolute atomic E-state index is 12.7. The number of para-hydroxylation sites is 1. The number of amides is 2. The first-order chi connectivity index (χ1) is 20.9. The minimum Gasteiger partial charge on any atom is -0.366 e. The summed E-state index contributed by atoms with van der Waals surface area (Å²) in [5.41, 5.74) is 7.90. The number of carbonyl (C=O) groups is 2. The predicted molar refractivity (Wildman–Crippen MR) is 163 cm³/mol. The fourth-order valence-electron chi connectivity index (χ4n) is 5.96. The second-order valence-electron chi connectivity index (χ2n) is 11.6.